The van der Waals surface area contributed by atoms with E-state index in [1.807, 2.05) is 37.3 Å². The Morgan fingerprint density at radius 2 is 1.37 bits per heavy atom. The number of hydrazine groups is 1. The Bertz CT molecular complexity index is 1860. The van der Waals surface area contributed by atoms with Crippen molar-refractivity contribution < 1.29 is 16.8 Å². The molecule has 5 rings (SSSR count). The van der Waals surface area contributed by atoms with Crippen LogP contribution in [0.3, 0.4) is 0 Å². The molecule has 0 aliphatic rings. The number of sulfonamides is 2. The third-order valence-electron chi connectivity index (χ3n) is 5.85. The van der Waals surface area contributed by atoms with Gasteiger partial charge in [0.25, 0.3) is 10.0 Å². The zero-order valence-corrected chi connectivity index (χ0v) is 23.2. The third kappa shape index (κ3) is 6.43. The molecule has 0 saturated carbocycles. The second kappa shape index (κ2) is 11.2. The van der Waals surface area contributed by atoms with E-state index in [1.54, 1.807) is 35.0 Å². The molecule has 0 radical (unpaired) electrons. The maximum atomic E-state index is 12.7. The molecule has 2 aromatic heterocycles. The maximum absolute atomic E-state index is 12.7. The molecule has 3 aromatic carbocycles. The average molecular weight is 592 g/mol. The van der Waals surface area contributed by atoms with E-state index in [2.05, 4.69) is 36.0 Å². The molecule has 0 aliphatic carbocycles. The number of nitrogens with two attached hydrogens (primary N) is 1. The second-order valence-corrected chi connectivity index (χ2v) is 11.9. The molecule has 2 heterocycles. The molecule has 0 saturated heterocycles. The smallest absolute Gasteiger partial charge is 0.264 e. The van der Waals surface area contributed by atoms with Crippen LogP contribution in [-0.2, 0) is 20.0 Å². The van der Waals surface area contributed by atoms with Gasteiger partial charge in [0.2, 0.25) is 16.0 Å². The van der Waals surface area contributed by atoms with E-state index >= 15 is 0 Å². The normalized spacial score (nSPS) is 11.6. The fraction of sp³-hybridized carbons (Fsp3) is 0.0385. The molecule has 13 nitrogen and oxygen atoms in total. The quantitative estimate of drug-likeness (QED) is 0.150. The Balaban J connectivity index is 1.39. The lowest BCUT2D eigenvalue weighted by Crippen LogP contribution is -2.15. The number of hydrogen-bond acceptors (Lipinski definition) is 10. The summed E-state index contributed by atoms with van der Waals surface area (Å²) in [6, 6.07) is 23.2. The molecule has 15 heteroatoms. The fourth-order valence-electron chi connectivity index (χ4n) is 3.81. The van der Waals surface area contributed by atoms with Crippen molar-refractivity contribution in [1.82, 2.24) is 19.7 Å². The van der Waals surface area contributed by atoms with Gasteiger partial charge in [-0.15, -0.1) is 5.10 Å². The number of benzene rings is 3. The summed E-state index contributed by atoms with van der Waals surface area (Å²) in [6.07, 6.45) is 2.88. The van der Waals surface area contributed by atoms with Crippen LogP contribution in [0.25, 0.3) is 5.69 Å². The Kier molecular flexibility index (Phi) is 7.56. The number of nitrogens with one attached hydrogen (secondary N) is 4. The Morgan fingerprint density at radius 1 is 0.732 bits per heavy atom. The number of primary sulfonamides is 1. The van der Waals surface area contributed by atoms with Crippen molar-refractivity contribution in [2.24, 2.45) is 5.14 Å². The standard InChI is InChI=1S/C26H25N9O4S2/c1-18-24(32-31-20-8-12-23(13-9-20)41(38,39)34-26-28-16-5-17-29-26)25(30-19-6-3-2-4-7-19)33-35(18)21-10-14-22(15-11-21)40(27,36)37/h2-17,31-32H,1H3,(H,30,33)(H2,27,36,37)(H,28,29,34). The first kappa shape index (κ1) is 27.6. The highest BCUT2D eigenvalue weighted by Crippen LogP contribution is 2.30. The monoisotopic (exact) mass is 591 g/mol. The Labute approximate surface area is 236 Å². The lowest BCUT2D eigenvalue weighted by Gasteiger charge is -2.13. The largest absolute Gasteiger partial charge is 0.337 e. The van der Waals surface area contributed by atoms with Crippen LogP contribution >= 0.6 is 0 Å². The molecule has 5 aromatic rings. The summed E-state index contributed by atoms with van der Waals surface area (Å²) in [5, 5.41) is 13.2. The van der Waals surface area contributed by atoms with Gasteiger partial charge >= 0.3 is 0 Å². The molecular formula is C26H25N9O4S2. The Hall–Kier alpha value is -4.99. The topological polar surface area (TPSA) is 186 Å². The summed E-state index contributed by atoms with van der Waals surface area (Å²) in [5.41, 5.74) is 9.51. The molecular weight excluding hydrogens is 566 g/mol. The lowest BCUT2D eigenvalue weighted by atomic mass is 10.3. The fourth-order valence-corrected chi connectivity index (χ4v) is 5.28. The van der Waals surface area contributed by atoms with E-state index in [0.717, 1.165) is 5.69 Å². The molecule has 210 valence electrons. The zero-order valence-electron chi connectivity index (χ0n) is 21.6. The minimum absolute atomic E-state index is 0.00864. The molecule has 0 aliphatic heterocycles. The first-order valence-corrected chi connectivity index (χ1v) is 15.1. The van der Waals surface area contributed by atoms with Crippen LogP contribution in [0.1, 0.15) is 5.69 Å². The summed E-state index contributed by atoms with van der Waals surface area (Å²) < 4.78 is 52.7. The number of anilines is 5. The van der Waals surface area contributed by atoms with Crippen LogP contribution in [0.5, 0.6) is 0 Å². The molecule has 0 unspecified atom stereocenters. The first-order chi connectivity index (χ1) is 19.6. The van der Waals surface area contributed by atoms with Crippen molar-refractivity contribution in [3.63, 3.8) is 0 Å². The van der Waals surface area contributed by atoms with Gasteiger partial charge < -0.3 is 10.7 Å². The van der Waals surface area contributed by atoms with Crippen LogP contribution in [0.15, 0.2) is 107 Å². The second-order valence-electron chi connectivity index (χ2n) is 8.70. The number of aromatic nitrogens is 4. The molecule has 0 fully saturated rings. The van der Waals surface area contributed by atoms with Crippen LogP contribution < -0.4 is 26.0 Å². The highest BCUT2D eigenvalue weighted by molar-refractivity contribution is 7.92. The highest BCUT2D eigenvalue weighted by atomic mass is 32.2. The summed E-state index contributed by atoms with van der Waals surface area (Å²) in [7, 11) is -7.71. The minimum Gasteiger partial charge on any atom is -0.337 e. The SMILES string of the molecule is Cc1c(NNc2ccc(S(=O)(=O)Nc3ncccn3)cc2)c(Nc2ccccc2)nn1-c1ccc(S(N)(=O)=O)cc1. The Morgan fingerprint density at radius 3 is 2.00 bits per heavy atom. The summed E-state index contributed by atoms with van der Waals surface area (Å²) in [4.78, 5) is 7.80. The van der Waals surface area contributed by atoms with Gasteiger partial charge in [-0.2, -0.15) is 0 Å². The van der Waals surface area contributed by atoms with E-state index in [9.17, 15) is 16.8 Å². The van der Waals surface area contributed by atoms with Gasteiger partial charge in [0.05, 0.1) is 26.9 Å². The average Bonchev–Trinajstić information content (AvgIpc) is 3.27. The molecule has 6 N–H and O–H groups in total. The van der Waals surface area contributed by atoms with Crippen molar-refractivity contribution in [3.05, 3.63) is 103 Å². The maximum Gasteiger partial charge on any atom is 0.264 e. The van der Waals surface area contributed by atoms with Crippen LogP contribution in [0.4, 0.5) is 28.8 Å². The van der Waals surface area contributed by atoms with E-state index in [4.69, 9.17) is 5.14 Å². The molecule has 0 atom stereocenters. The number of nitrogens with zero attached hydrogens (tertiary/aromatic N) is 4. The van der Waals surface area contributed by atoms with Crippen molar-refractivity contribution in [3.8, 4) is 5.69 Å². The molecule has 41 heavy (non-hydrogen) atoms. The van der Waals surface area contributed by atoms with Gasteiger partial charge in [-0.1, -0.05) is 18.2 Å². The number of hydrogen-bond donors (Lipinski definition) is 5. The van der Waals surface area contributed by atoms with Crippen molar-refractivity contribution in [2.75, 3.05) is 20.9 Å². The van der Waals surface area contributed by atoms with Crippen LogP contribution in [0.2, 0.25) is 0 Å². The zero-order chi connectivity index (χ0) is 29.0. The van der Waals surface area contributed by atoms with Crippen molar-refractivity contribution in [2.45, 2.75) is 16.7 Å². The van der Waals surface area contributed by atoms with E-state index in [0.29, 0.717) is 28.6 Å². The minimum atomic E-state index is -3.88. The van der Waals surface area contributed by atoms with Gasteiger partial charge in [0.15, 0.2) is 5.82 Å². The highest BCUT2D eigenvalue weighted by Gasteiger charge is 2.18. The van der Waals surface area contributed by atoms with Gasteiger partial charge in [0.1, 0.15) is 5.69 Å². The number of rotatable bonds is 10. The third-order valence-corrected chi connectivity index (χ3v) is 8.12. The summed E-state index contributed by atoms with van der Waals surface area (Å²) in [5.74, 6) is 0.463. The van der Waals surface area contributed by atoms with Gasteiger partial charge in [-0.25, -0.2) is 41.3 Å². The van der Waals surface area contributed by atoms with Gasteiger partial charge in [-0.05, 0) is 73.7 Å². The van der Waals surface area contributed by atoms with Crippen LogP contribution in [-0.4, -0.2) is 36.6 Å². The first-order valence-electron chi connectivity index (χ1n) is 12.1. The van der Waals surface area contributed by atoms with Crippen molar-refractivity contribution in [1.29, 1.82) is 0 Å². The molecule has 0 bridgehead atoms. The van der Waals surface area contributed by atoms with E-state index < -0.39 is 20.0 Å². The van der Waals surface area contributed by atoms with E-state index in [-0.39, 0.29) is 15.7 Å². The van der Waals surface area contributed by atoms with Gasteiger partial charge in [-0.3, -0.25) is 5.43 Å². The predicted molar refractivity (Wildman–Crippen MR) is 156 cm³/mol. The van der Waals surface area contributed by atoms with Gasteiger partial charge in [0, 0.05) is 18.1 Å². The predicted octanol–water partition coefficient (Wildman–Crippen LogP) is 3.60. The lowest BCUT2D eigenvalue weighted by molar-refractivity contribution is 0.597. The molecule has 0 spiro atoms. The summed E-state index contributed by atoms with van der Waals surface area (Å²) in [6.45, 7) is 1.84. The van der Waals surface area contributed by atoms with Crippen molar-refractivity contribution >= 4 is 48.9 Å². The summed E-state index contributed by atoms with van der Waals surface area (Å²) >= 11 is 0. The van der Waals surface area contributed by atoms with Crippen LogP contribution in [0, 0.1) is 6.92 Å². The van der Waals surface area contributed by atoms with E-state index in [1.165, 1.54) is 36.7 Å². The molecule has 0 amide bonds. The number of para-hydroxylation sites is 1.